The zero-order valence-corrected chi connectivity index (χ0v) is 14.3. The van der Waals surface area contributed by atoms with E-state index in [9.17, 15) is 14.4 Å². The molecule has 2 amide bonds. The maximum absolute atomic E-state index is 12.4. The van der Waals surface area contributed by atoms with Crippen molar-refractivity contribution in [2.24, 2.45) is 5.92 Å². The smallest absolute Gasteiger partial charge is 0.241 e. The van der Waals surface area contributed by atoms with E-state index < -0.39 is 0 Å². The van der Waals surface area contributed by atoms with E-state index in [1.807, 2.05) is 0 Å². The summed E-state index contributed by atoms with van der Waals surface area (Å²) >= 11 is 0. The van der Waals surface area contributed by atoms with Gasteiger partial charge in [0, 0.05) is 32.9 Å². The van der Waals surface area contributed by atoms with E-state index in [1.54, 1.807) is 18.8 Å². The Morgan fingerprint density at radius 2 is 1.83 bits per heavy atom. The van der Waals surface area contributed by atoms with E-state index >= 15 is 0 Å². The van der Waals surface area contributed by atoms with Crippen LogP contribution in [0.4, 0.5) is 0 Å². The van der Waals surface area contributed by atoms with Crippen LogP contribution in [0.15, 0.2) is 0 Å². The van der Waals surface area contributed by atoms with Crippen LogP contribution in [-0.2, 0) is 33.8 Å². The van der Waals surface area contributed by atoms with Crippen molar-refractivity contribution < 1.29 is 14.4 Å². The molecule has 1 aliphatic rings. The number of likely N-dealkylation sites (N-methyl/N-ethyl adjacent to an activating group) is 1. The van der Waals surface area contributed by atoms with Crippen LogP contribution in [0.25, 0.3) is 0 Å². The van der Waals surface area contributed by atoms with Crippen molar-refractivity contribution in [3.05, 3.63) is 11.4 Å². The lowest BCUT2D eigenvalue weighted by molar-refractivity contribution is -0.127. The number of rotatable bonds is 6. The van der Waals surface area contributed by atoms with Gasteiger partial charge in [-0.3, -0.25) is 14.4 Å². The summed E-state index contributed by atoms with van der Waals surface area (Å²) in [5, 5.41) is 13.4. The largest absolute Gasteiger partial charge is 0.359 e. The van der Waals surface area contributed by atoms with Crippen molar-refractivity contribution in [1.29, 1.82) is 0 Å². The van der Waals surface area contributed by atoms with Crippen LogP contribution in [0, 0.1) is 5.92 Å². The zero-order valence-electron chi connectivity index (χ0n) is 14.3. The minimum atomic E-state index is -0.122. The molecule has 8 heteroatoms. The van der Waals surface area contributed by atoms with E-state index in [0.717, 1.165) is 30.7 Å². The van der Waals surface area contributed by atoms with Gasteiger partial charge in [-0.05, 0) is 32.1 Å². The van der Waals surface area contributed by atoms with Gasteiger partial charge in [0.05, 0.1) is 11.4 Å². The first kappa shape index (κ1) is 18.1. The molecule has 0 aromatic carbocycles. The SMILES string of the molecule is CNC(=O)CCC(=O)C1CCCc2nnn(CC(=O)NC)c2CC1. The van der Waals surface area contributed by atoms with E-state index in [2.05, 4.69) is 20.9 Å². The minimum absolute atomic E-state index is 0.0360. The Morgan fingerprint density at radius 1 is 1.08 bits per heavy atom. The summed E-state index contributed by atoms with van der Waals surface area (Å²) in [7, 11) is 3.16. The number of ketones is 1. The quantitative estimate of drug-likeness (QED) is 0.761. The summed E-state index contributed by atoms with van der Waals surface area (Å²) in [5.74, 6) is -0.120. The van der Waals surface area contributed by atoms with Crippen LogP contribution in [0.3, 0.4) is 0 Å². The number of hydrogen-bond donors (Lipinski definition) is 2. The normalized spacial score (nSPS) is 17.3. The van der Waals surface area contributed by atoms with Crippen LogP contribution >= 0.6 is 0 Å². The fourth-order valence-electron chi connectivity index (χ4n) is 3.04. The highest BCUT2D eigenvalue weighted by Gasteiger charge is 2.24. The highest BCUT2D eigenvalue weighted by molar-refractivity contribution is 5.86. The first-order valence-corrected chi connectivity index (χ1v) is 8.40. The number of amides is 2. The zero-order chi connectivity index (χ0) is 17.5. The first-order valence-electron chi connectivity index (χ1n) is 8.40. The molecule has 8 nitrogen and oxygen atoms in total. The van der Waals surface area contributed by atoms with Crippen LogP contribution in [0.5, 0.6) is 0 Å². The molecule has 0 saturated carbocycles. The van der Waals surface area contributed by atoms with Crippen molar-refractivity contribution in [1.82, 2.24) is 25.6 Å². The van der Waals surface area contributed by atoms with Gasteiger partial charge in [-0.25, -0.2) is 4.68 Å². The summed E-state index contributed by atoms with van der Waals surface area (Å²) < 4.78 is 1.63. The van der Waals surface area contributed by atoms with Gasteiger partial charge in [-0.15, -0.1) is 5.10 Å². The third kappa shape index (κ3) is 4.62. The first-order chi connectivity index (χ1) is 11.5. The predicted octanol–water partition coefficient (Wildman–Crippen LogP) is 0.00450. The second-order valence-electron chi connectivity index (χ2n) is 6.08. The maximum Gasteiger partial charge on any atom is 0.241 e. The van der Waals surface area contributed by atoms with E-state index in [-0.39, 0.29) is 42.9 Å². The fourth-order valence-corrected chi connectivity index (χ4v) is 3.04. The average Bonchev–Trinajstić information content (AvgIpc) is 2.92. The van der Waals surface area contributed by atoms with Crippen molar-refractivity contribution in [2.45, 2.75) is 51.5 Å². The molecule has 1 aromatic rings. The summed E-state index contributed by atoms with van der Waals surface area (Å²) in [6.07, 6.45) is 4.36. The fraction of sp³-hybridized carbons (Fsp3) is 0.688. The number of Topliss-reactive ketones (excluding diaryl/α,β-unsaturated/α-hetero) is 1. The van der Waals surface area contributed by atoms with Crippen molar-refractivity contribution in [3.8, 4) is 0 Å². The second kappa shape index (κ2) is 8.56. The van der Waals surface area contributed by atoms with E-state index in [0.29, 0.717) is 12.8 Å². The molecule has 0 aliphatic heterocycles. The molecule has 1 atom stereocenters. The number of carbonyl (C=O) groups excluding carboxylic acids is 3. The molecular weight excluding hydrogens is 310 g/mol. The average molecular weight is 335 g/mol. The molecule has 24 heavy (non-hydrogen) atoms. The number of fused-ring (bicyclic) bond motifs is 1. The minimum Gasteiger partial charge on any atom is -0.359 e. The molecule has 132 valence electrons. The summed E-state index contributed by atoms with van der Waals surface area (Å²) in [5.41, 5.74) is 1.87. The molecule has 1 aliphatic carbocycles. The van der Waals surface area contributed by atoms with Crippen LogP contribution in [0.1, 0.15) is 43.5 Å². The van der Waals surface area contributed by atoms with Gasteiger partial charge < -0.3 is 10.6 Å². The number of aryl methyl sites for hydroxylation is 1. The molecule has 2 N–H and O–H groups in total. The molecule has 0 bridgehead atoms. The van der Waals surface area contributed by atoms with E-state index in [1.165, 1.54) is 0 Å². The van der Waals surface area contributed by atoms with Gasteiger partial charge >= 0.3 is 0 Å². The maximum atomic E-state index is 12.4. The highest BCUT2D eigenvalue weighted by atomic mass is 16.2. The summed E-state index contributed by atoms with van der Waals surface area (Å²) in [6, 6.07) is 0. The molecular formula is C16H25N5O3. The lowest BCUT2D eigenvalue weighted by Crippen LogP contribution is -2.26. The van der Waals surface area contributed by atoms with Gasteiger partial charge in [0.15, 0.2) is 0 Å². The van der Waals surface area contributed by atoms with Crippen LogP contribution < -0.4 is 10.6 Å². The molecule has 1 heterocycles. The Morgan fingerprint density at radius 3 is 2.54 bits per heavy atom. The standard InChI is InChI=1S/C16H25N5O3/c1-17-15(23)9-8-14(22)11-4-3-5-12-13(7-6-11)21(20-19-12)10-16(24)18-2/h11H,3-10H2,1-2H3,(H,17,23)(H,18,24). The molecule has 1 unspecified atom stereocenters. The van der Waals surface area contributed by atoms with Crippen molar-refractivity contribution >= 4 is 17.6 Å². The monoisotopic (exact) mass is 335 g/mol. The number of carbonyl (C=O) groups is 3. The second-order valence-corrected chi connectivity index (χ2v) is 6.08. The Balaban J connectivity index is 2.00. The number of aromatic nitrogens is 3. The summed E-state index contributed by atoms with van der Waals surface area (Å²) in [6.45, 7) is 0.147. The van der Waals surface area contributed by atoms with Gasteiger partial charge in [0.1, 0.15) is 12.3 Å². The van der Waals surface area contributed by atoms with Crippen molar-refractivity contribution in [3.63, 3.8) is 0 Å². The number of nitrogens with zero attached hydrogens (tertiary/aromatic N) is 3. The van der Waals surface area contributed by atoms with Gasteiger partial charge in [0.25, 0.3) is 0 Å². The molecule has 0 fully saturated rings. The van der Waals surface area contributed by atoms with Crippen LogP contribution in [0.2, 0.25) is 0 Å². The molecule has 0 spiro atoms. The number of hydrogen-bond acceptors (Lipinski definition) is 5. The lowest BCUT2D eigenvalue weighted by atomic mass is 9.87. The van der Waals surface area contributed by atoms with Gasteiger partial charge in [0.2, 0.25) is 11.8 Å². The Hall–Kier alpha value is -2.25. The van der Waals surface area contributed by atoms with Gasteiger partial charge in [-0.1, -0.05) is 5.21 Å². The lowest BCUT2D eigenvalue weighted by Gasteiger charge is -2.19. The molecule has 0 saturated heterocycles. The Bertz CT molecular complexity index is 611. The van der Waals surface area contributed by atoms with Crippen molar-refractivity contribution in [2.75, 3.05) is 14.1 Å². The Kier molecular flexibility index (Phi) is 6.45. The number of nitrogens with one attached hydrogen (secondary N) is 2. The third-order valence-electron chi connectivity index (χ3n) is 4.52. The highest BCUT2D eigenvalue weighted by Crippen LogP contribution is 2.24. The Labute approximate surface area is 141 Å². The molecule has 0 radical (unpaired) electrons. The topological polar surface area (TPSA) is 106 Å². The van der Waals surface area contributed by atoms with Crippen LogP contribution in [-0.4, -0.2) is 46.7 Å². The summed E-state index contributed by atoms with van der Waals surface area (Å²) in [4.78, 5) is 35.2. The molecule has 2 rings (SSSR count). The third-order valence-corrected chi connectivity index (χ3v) is 4.52. The molecule has 1 aromatic heterocycles. The van der Waals surface area contributed by atoms with Gasteiger partial charge in [-0.2, -0.15) is 0 Å². The van der Waals surface area contributed by atoms with E-state index in [4.69, 9.17) is 0 Å². The predicted molar refractivity (Wildman–Crippen MR) is 87.1 cm³/mol.